The zero-order valence-corrected chi connectivity index (χ0v) is 15.7. The fraction of sp³-hybridized carbons (Fsp3) is 0.0455. The van der Waals surface area contributed by atoms with E-state index in [0.717, 1.165) is 27.2 Å². The van der Waals surface area contributed by atoms with Gasteiger partial charge in [-0.05, 0) is 48.0 Å². The van der Waals surface area contributed by atoms with Crippen LogP contribution in [0.3, 0.4) is 0 Å². The van der Waals surface area contributed by atoms with Crippen LogP contribution in [0, 0.1) is 6.92 Å². The number of hydrazone groups is 1. The third kappa shape index (κ3) is 3.52. The van der Waals surface area contributed by atoms with Crippen molar-refractivity contribution in [1.29, 1.82) is 0 Å². The Morgan fingerprint density at radius 3 is 2.61 bits per heavy atom. The van der Waals surface area contributed by atoms with Gasteiger partial charge in [0.05, 0.1) is 17.3 Å². The summed E-state index contributed by atoms with van der Waals surface area (Å²) in [4.78, 5) is 16.8. The van der Waals surface area contributed by atoms with Crippen LogP contribution in [0.2, 0.25) is 5.15 Å². The van der Waals surface area contributed by atoms with Crippen molar-refractivity contribution in [2.24, 2.45) is 5.10 Å². The molecule has 0 unspecified atom stereocenters. The van der Waals surface area contributed by atoms with Crippen molar-refractivity contribution in [2.75, 3.05) is 0 Å². The number of pyridine rings is 1. The van der Waals surface area contributed by atoms with Crippen molar-refractivity contribution in [3.05, 3.63) is 82.5 Å². The molecule has 0 aliphatic carbocycles. The van der Waals surface area contributed by atoms with E-state index >= 15 is 0 Å². The third-order valence-corrected chi connectivity index (χ3v) is 4.73. The van der Waals surface area contributed by atoms with Gasteiger partial charge in [-0.25, -0.2) is 10.4 Å². The zero-order chi connectivity index (χ0) is 19.7. The second-order valence-electron chi connectivity index (χ2n) is 6.48. The maximum atomic E-state index is 12.4. The van der Waals surface area contributed by atoms with Crippen LogP contribution in [-0.2, 0) is 0 Å². The SMILES string of the molecule is Cc1ccc2nc(Cl)c(/C=N\NC(=O)c3cc4ccccc4cc3O)cc2c1. The maximum Gasteiger partial charge on any atom is 0.275 e. The maximum absolute atomic E-state index is 12.4. The lowest BCUT2D eigenvalue weighted by Crippen LogP contribution is -2.17. The summed E-state index contributed by atoms with van der Waals surface area (Å²) < 4.78 is 0. The van der Waals surface area contributed by atoms with Gasteiger partial charge in [-0.3, -0.25) is 4.79 Å². The van der Waals surface area contributed by atoms with Crippen molar-refractivity contribution in [2.45, 2.75) is 6.92 Å². The van der Waals surface area contributed by atoms with E-state index in [2.05, 4.69) is 15.5 Å². The van der Waals surface area contributed by atoms with E-state index in [1.165, 1.54) is 6.21 Å². The van der Waals surface area contributed by atoms with Crippen LogP contribution in [0.1, 0.15) is 21.5 Å². The number of halogens is 1. The van der Waals surface area contributed by atoms with E-state index in [9.17, 15) is 9.90 Å². The number of hydrogen-bond donors (Lipinski definition) is 2. The van der Waals surface area contributed by atoms with Gasteiger partial charge in [-0.15, -0.1) is 0 Å². The summed E-state index contributed by atoms with van der Waals surface area (Å²) in [6.07, 6.45) is 1.44. The summed E-state index contributed by atoms with van der Waals surface area (Å²) in [6.45, 7) is 2.00. The highest BCUT2D eigenvalue weighted by Gasteiger charge is 2.12. The molecule has 4 rings (SSSR count). The monoisotopic (exact) mass is 389 g/mol. The third-order valence-electron chi connectivity index (χ3n) is 4.43. The van der Waals surface area contributed by atoms with Gasteiger partial charge < -0.3 is 5.11 Å². The Kier molecular flexibility index (Phi) is 4.67. The van der Waals surface area contributed by atoms with Crippen molar-refractivity contribution in [3.63, 3.8) is 0 Å². The average Bonchev–Trinajstić information content (AvgIpc) is 2.68. The van der Waals surface area contributed by atoms with Gasteiger partial charge in [0, 0.05) is 10.9 Å². The standard InChI is InChI=1S/C22H16ClN3O2/c1-13-6-7-19-16(8-13)9-17(21(23)25-19)12-24-26-22(28)18-10-14-4-2-3-5-15(14)11-20(18)27/h2-12,27H,1H3,(H,26,28)/b24-12-. The van der Waals surface area contributed by atoms with Gasteiger partial charge in [-0.2, -0.15) is 5.10 Å². The Bertz CT molecular complexity index is 1250. The number of phenolic OH excluding ortho intramolecular Hbond substituents is 1. The fourth-order valence-electron chi connectivity index (χ4n) is 3.01. The second kappa shape index (κ2) is 7.29. The molecule has 0 bridgehead atoms. The number of carbonyl (C=O) groups is 1. The number of amides is 1. The Morgan fingerprint density at radius 2 is 1.82 bits per heavy atom. The van der Waals surface area contributed by atoms with E-state index in [4.69, 9.17) is 11.6 Å². The molecule has 0 fully saturated rings. The van der Waals surface area contributed by atoms with E-state index in [0.29, 0.717) is 10.7 Å². The number of carbonyl (C=O) groups excluding carboxylic acids is 1. The Labute approximate surface area is 166 Å². The second-order valence-corrected chi connectivity index (χ2v) is 6.84. The smallest absolute Gasteiger partial charge is 0.275 e. The Hall–Kier alpha value is -3.44. The number of fused-ring (bicyclic) bond motifs is 2. The van der Waals surface area contributed by atoms with Gasteiger partial charge in [0.2, 0.25) is 0 Å². The van der Waals surface area contributed by atoms with Crippen LogP contribution >= 0.6 is 11.6 Å². The molecule has 0 aliphatic heterocycles. The first kappa shape index (κ1) is 17.9. The first-order valence-corrected chi connectivity index (χ1v) is 9.01. The predicted octanol–water partition coefficient (Wildman–Crippen LogP) is 4.82. The van der Waals surface area contributed by atoms with Gasteiger partial charge in [0.15, 0.2) is 0 Å². The largest absolute Gasteiger partial charge is 0.507 e. The molecule has 6 heteroatoms. The van der Waals surface area contributed by atoms with E-state index in [1.807, 2.05) is 55.5 Å². The molecule has 28 heavy (non-hydrogen) atoms. The van der Waals surface area contributed by atoms with Crippen LogP contribution in [0.15, 0.2) is 65.8 Å². The topological polar surface area (TPSA) is 74.6 Å². The summed E-state index contributed by atoms with van der Waals surface area (Å²) in [6, 6.07) is 18.4. The van der Waals surface area contributed by atoms with Gasteiger partial charge in [-0.1, -0.05) is 47.5 Å². The molecule has 0 spiro atoms. The van der Waals surface area contributed by atoms with Crippen molar-refractivity contribution < 1.29 is 9.90 Å². The van der Waals surface area contributed by atoms with Crippen LogP contribution in [0.25, 0.3) is 21.7 Å². The van der Waals surface area contributed by atoms with Gasteiger partial charge in [0.1, 0.15) is 10.9 Å². The van der Waals surface area contributed by atoms with E-state index in [-0.39, 0.29) is 11.3 Å². The molecule has 5 nitrogen and oxygen atoms in total. The molecule has 4 aromatic rings. The van der Waals surface area contributed by atoms with E-state index in [1.54, 1.807) is 12.1 Å². The molecule has 1 amide bonds. The summed E-state index contributed by atoms with van der Waals surface area (Å²) >= 11 is 6.21. The summed E-state index contributed by atoms with van der Waals surface area (Å²) in [7, 11) is 0. The number of aromatic nitrogens is 1. The van der Waals surface area contributed by atoms with Crippen LogP contribution in [-0.4, -0.2) is 22.2 Å². The molecule has 0 atom stereocenters. The molecular weight excluding hydrogens is 374 g/mol. The van der Waals surface area contributed by atoms with Crippen LogP contribution in [0.4, 0.5) is 0 Å². The van der Waals surface area contributed by atoms with Gasteiger partial charge >= 0.3 is 0 Å². The molecule has 0 radical (unpaired) electrons. The number of aromatic hydroxyl groups is 1. The molecule has 1 heterocycles. The molecule has 1 aromatic heterocycles. The minimum absolute atomic E-state index is 0.104. The Balaban J connectivity index is 1.58. The molecule has 2 N–H and O–H groups in total. The average molecular weight is 390 g/mol. The minimum Gasteiger partial charge on any atom is -0.507 e. The van der Waals surface area contributed by atoms with Crippen LogP contribution < -0.4 is 5.43 Å². The lowest BCUT2D eigenvalue weighted by atomic mass is 10.1. The number of rotatable bonds is 3. The molecule has 0 saturated carbocycles. The summed E-state index contributed by atoms with van der Waals surface area (Å²) in [5, 5.41) is 17.0. The molecule has 0 aliphatic rings. The number of benzene rings is 3. The predicted molar refractivity (Wildman–Crippen MR) is 112 cm³/mol. The quantitative estimate of drug-likeness (QED) is 0.299. The minimum atomic E-state index is -0.514. The lowest BCUT2D eigenvalue weighted by molar-refractivity contribution is 0.0952. The lowest BCUT2D eigenvalue weighted by Gasteiger charge is -2.06. The molecule has 138 valence electrons. The molecular formula is C22H16ClN3O2. The van der Waals surface area contributed by atoms with Crippen molar-refractivity contribution in [1.82, 2.24) is 10.4 Å². The van der Waals surface area contributed by atoms with Crippen molar-refractivity contribution >= 4 is 45.4 Å². The molecule has 3 aromatic carbocycles. The van der Waals surface area contributed by atoms with E-state index < -0.39 is 5.91 Å². The first-order chi connectivity index (χ1) is 13.5. The zero-order valence-electron chi connectivity index (χ0n) is 15.0. The highest BCUT2D eigenvalue weighted by atomic mass is 35.5. The van der Waals surface area contributed by atoms with Gasteiger partial charge in [0.25, 0.3) is 5.91 Å². The van der Waals surface area contributed by atoms with Crippen LogP contribution in [0.5, 0.6) is 5.75 Å². The number of phenols is 1. The summed E-state index contributed by atoms with van der Waals surface area (Å²) in [5.74, 6) is -0.618. The Morgan fingerprint density at radius 1 is 1.07 bits per heavy atom. The first-order valence-electron chi connectivity index (χ1n) is 8.63. The van der Waals surface area contributed by atoms with Crippen molar-refractivity contribution in [3.8, 4) is 5.75 Å². The summed E-state index contributed by atoms with van der Waals surface area (Å²) in [5.41, 5.74) is 5.06. The highest BCUT2D eigenvalue weighted by Crippen LogP contribution is 2.25. The number of nitrogens with one attached hydrogen (secondary N) is 1. The molecule has 0 saturated heterocycles. The number of hydrogen-bond acceptors (Lipinski definition) is 4. The highest BCUT2D eigenvalue weighted by molar-refractivity contribution is 6.32. The fourth-order valence-corrected chi connectivity index (χ4v) is 3.20. The number of nitrogens with zero attached hydrogens (tertiary/aromatic N) is 2. The number of aryl methyl sites for hydroxylation is 1. The normalized spacial score (nSPS) is 11.4.